The fourth-order valence-electron chi connectivity index (χ4n) is 2.89. The van der Waals surface area contributed by atoms with Crippen LogP contribution in [-0.4, -0.2) is 37.1 Å². The molecule has 0 aliphatic heterocycles. The van der Waals surface area contributed by atoms with Crippen molar-refractivity contribution in [2.75, 3.05) is 0 Å². The second kappa shape index (κ2) is 7.78. The van der Waals surface area contributed by atoms with Gasteiger partial charge in [-0.2, -0.15) is 4.98 Å². The second-order valence-corrected chi connectivity index (χ2v) is 6.69. The van der Waals surface area contributed by atoms with Gasteiger partial charge in [0.2, 0.25) is 5.89 Å². The van der Waals surface area contributed by atoms with Crippen LogP contribution >= 0.6 is 0 Å². The maximum absolute atomic E-state index is 11.1. The van der Waals surface area contributed by atoms with Crippen molar-refractivity contribution in [1.82, 2.24) is 19.9 Å². The lowest BCUT2D eigenvalue weighted by molar-refractivity contribution is -0.144. The summed E-state index contributed by atoms with van der Waals surface area (Å²) in [6, 6.07) is 7.25. The van der Waals surface area contributed by atoms with Crippen LogP contribution in [0.25, 0.3) is 22.7 Å². The minimum atomic E-state index is -1.03. The molecule has 1 N–H and O–H groups in total. The molecule has 9 nitrogen and oxygen atoms in total. The highest BCUT2D eigenvalue weighted by atomic mass is 16.5. The molecule has 30 heavy (non-hydrogen) atoms. The van der Waals surface area contributed by atoms with Gasteiger partial charge in [-0.15, -0.1) is 0 Å². The van der Waals surface area contributed by atoms with Crippen molar-refractivity contribution in [1.29, 1.82) is 0 Å². The van der Waals surface area contributed by atoms with Crippen LogP contribution in [0.4, 0.5) is 0 Å². The Labute approximate surface area is 171 Å². The van der Waals surface area contributed by atoms with E-state index in [0.29, 0.717) is 28.5 Å². The first kappa shape index (κ1) is 19.3. The van der Waals surface area contributed by atoms with E-state index in [9.17, 15) is 4.79 Å². The molecule has 0 amide bonds. The summed E-state index contributed by atoms with van der Waals surface area (Å²) in [5.41, 5.74) is 3.03. The Kier molecular flexibility index (Phi) is 5.01. The Hall–Kier alpha value is -4.01. The Bertz CT molecular complexity index is 1200. The molecular formula is C21H18N4O5. The molecule has 1 unspecified atom stereocenters. The van der Waals surface area contributed by atoms with Crippen LogP contribution in [-0.2, 0) is 4.79 Å². The lowest BCUT2D eigenvalue weighted by atomic mass is 10.1. The quantitative estimate of drug-likeness (QED) is 0.507. The van der Waals surface area contributed by atoms with Crippen LogP contribution in [0.3, 0.4) is 0 Å². The summed E-state index contributed by atoms with van der Waals surface area (Å²) in [6.07, 6.45) is 3.76. The van der Waals surface area contributed by atoms with Gasteiger partial charge in [0, 0.05) is 11.8 Å². The summed E-state index contributed by atoms with van der Waals surface area (Å²) >= 11 is 0. The summed E-state index contributed by atoms with van der Waals surface area (Å²) in [4.78, 5) is 27.9. The average molecular weight is 406 g/mol. The zero-order valence-corrected chi connectivity index (χ0v) is 16.5. The van der Waals surface area contributed by atoms with Crippen molar-refractivity contribution in [2.45, 2.75) is 26.9 Å². The van der Waals surface area contributed by atoms with E-state index in [1.165, 1.54) is 13.1 Å². The Balaban J connectivity index is 1.63. The number of carboxylic acid groups (broad SMARTS) is 1. The van der Waals surface area contributed by atoms with E-state index in [-0.39, 0.29) is 11.7 Å². The largest absolute Gasteiger partial charge is 0.479 e. The number of rotatable bonds is 6. The number of benzene rings is 1. The number of pyridine rings is 1. The molecule has 152 valence electrons. The van der Waals surface area contributed by atoms with Crippen molar-refractivity contribution >= 4 is 17.2 Å². The molecule has 1 atom stereocenters. The number of fused-ring (bicyclic) bond motifs is 1. The van der Waals surface area contributed by atoms with Crippen molar-refractivity contribution < 1.29 is 23.8 Å². The third-order valence-corrected chi connectivity index (χ3v) is 4.32. The molecule has 0 saturated carbocycles. The number of carboxylic acids is 1. The number of carbonyl (C=O) groups is 1. The number of ether oxygens (including phenoxy) is 2. The van der Waals surface area contributed by atoms with Crippen LogP contribution in [0.5, 0.6) is 17.5 Å². The number of aliphatic carboxylic acids is 1. The normalized spacial score (nSPS) is 12.0. The Morgan fingerprint density at radius 2 is 1.93 bits per heavy atom. The molecule has 0 spiro atoms. The highest BCUT2D eigenvalue weighted by Crippen LogP contribution is 2.32. The summed E-state index contributed by atoms with van der Waals surface area (Å²) < 4.78 is 16.9. The molecule has 4 rings (SSSR count). The van der Waals surface area contributed by atoms with E-state index in [1.807, 2.05) is 26.0 Å². The minimum absolute atomic E-state index is 0.122. The number of hydrogen-bond acceptors (Lipinski definition) is 8. The van der Waals surface area contributed by atoms with Crippen LogP contribution < -0.4 is 9.47 Å². The van der Waals surface area contributed by atoms with Crippen LogP contribution in [0.1, 0.15) is 18.1 Å². The molecule has 0 aliphatic carbocycles. The lowest BCUT2D eigenvalue weighted by Crippen LogP contribution is -2.23. The van der Waals surface area contributed by atoms with Gasteiger partial charge in [0.05, 0.1) is 12.4 Å². The van der Waals surface area contributed by atoms with Crippen LogP contribution in [0.2, 0.25) is 0 Å². The zero-order valence-electron chi connectivity index (χ0n) is 16.5. The summed E-state index contributed by atoms with van der Waals surface area (Å²) in [7, 11) is 0. The van der Waals surface area contributed by atoms with E-state index in [0.717, 1.165) is 11.1 Å². The highest BCUT2D eigenvalue weighted by Gasteiger charge is 2.18. The van der Waals surface area contributed by atoms with E-state index >= 15 is 0 Å². The average Bonchev–Trinajstić information content (AvgIpc) is 3.14. The molecule has 0 radical (unpaired) electrons. The molecular weight excluding hydrogens is 388 g/mol. The van der Waals surface area contributed by atoms with Gasteiger partial charge in [0.1, 0.15) is 17.0 Å². The molecule has 0 saturated heterocycles. The maximum atomic E-state index is 11.1. The van der Waals surface area contributed by atoms with Gasteiger partial charge < -0.3 is 19.0 Å². The lowest BCUT2D eigenvalue weighted by Gasteiger charge is -2.16. The van der Waals surface area contributed by atoms with Gasteiger partial charge in [-0.3, -0.25) is 4.98 Å². The Morgan fingerprint density at radius 1 is 1.17 bits per heavy atom. The van der Waals surface area contributed by atoms with Crippen molar-refractivity contribution in [3.8, 4) is 29.0 Å². The fourth-order valence-corrected chi connectivity index (χ4v) is 2.89. The number of nitrogens with zero attached hydrogens (tertiary/aromatic N) is 4. The summed E-state index contributed by atoms with van der Waals surface area (Å²) in [5.74, 6) is 0.368. The monoisotopic (exact) mass is 406 g/mol. The van der Waals surface area contributed by atoms with Crippen LogP contribution in [0.15, 0.2) is 47.3 Å². The SMILES string of the molecule is Cc1cc(-c2nc3cnc(Oc4cccnc4)nc3o2)cc(C)c1OC(C)C(=O)O. The fraction of sp³-hybridized carbons (Fsp3) is 0.190. The van der Waals surface area contributed by atoms with Crippen molar-refractivity contribution in [3.05, 3.63) is 54.0 Å². The van der Waals surface area contributed by atoms with Gasteiger partial charge in [-0.25, -0.2) is 14.8 Å². The number of oxazole rings is 1. The summed E-state index contributed by atoms with van der Waals surface area (Å²) in [6.45, 7) is 5.16. The number of hydrogen-bond donors (Lipinski definition) is 1. The predicted molar refractivity (Wildman–Crippen MR) is 107 cm³/mol. The third-order valence-electron chi connectivity index (χ3n) is 4.32. The van der Waals surface area contributed by atoms with Gasteiger partial charge in [-0.05, 0) is 56.2 Å². The van der Waals surface area contributed by atoms with E-state index in [4.69, 9.17) is 19.0 Å². The standard InChI is InChI=1S/C21H18N4O5/c1-11-7-14(8-12(2)17(11)28-13(3)20(26)27)18-24-16-10-23-21(25-19(16)30-18)29-15-5-4-6-22-9-15/h4-10,13H,1-3H3,(H,26,27). The molecule has 3 aromatic heterocycles. The van der Waals surface area contributed by atoms with Gasteiger partial charge in [0.25, 0.3) is 5.71 Å². The third kappa shape index (κ3) is 3.90. The first-order chi connectivity index (χ1) is 14.4. The molecule has 0 bridgehead atoms. The van der Waals surface area contributed by atoms with Gasteiger partial charge >= 0.3 is 12.0 Å². The maximum Gasteiger partial charge on any atom is 0.344 e. The Morgan fingerprint density at radius 3 is 2.60 bits per heavy atom. The second-order valence-electron chi connectivity index (χ2n) is 6.69. The van der Waals surface area contributed by atoms with Crippen LogP contribution in [0, 0.1) is 13.8 Å². The molecule has 0 fully saturated rings. The molecule has 9 heteroatoms. The molecule has 3 heterocycles. The molecule has 0 aliphatic rings. The van der Waals surface area contributed by atoms with Crippen molar-refractivity contribution in [3.63, 3.8) is 0 Å². The molecule has 4 aromatic rings. The topological polar surface area (TPSA) is 120 Å². The number of aryl methyl sites for hydroxylation is 2. The first-order valence-corrected chi connectivity index (χ1v) is 9.13. The van der Waals surface area contributed by atoms with Crippen molar-refractivity contribution in [2.24, 2.45) is 0 Å². The zero-order chi connectivity index (χ0) is 21.3. The first-order valence-electron chi connectivity index (χ1n) is 9.13. The molecule has 1 aromatic carbocycles. The van der Waals surface area contributed by atoms with Gasteiger partial charge in [-0.1, -0.05) is 0 Å². The smallest absolute Gasteiger partial charge is 0.344 e. The summed E-state index contributed by atoms with van der Waals surface area (Å²) in [5, 5.41) is 9.08. The van der Waals surface area contributed by atoms with E-state index in [2.05, 4.69) is 19.9 Å². The van der Waals surface area contributed by atoms with E-state index < -0.39 is 12.1 Å². The number of aromatic nitrogens is 4. The van der Waals surface area contributed by atoms with Gasteiger partial charge in [0.15, 0.2) is 6.10 Å². The van der Waals surface area contributed by atoms with E-state index in [1.54, 1.807) is 24.5 Å². The predicted octanol–water partition coefficient (Wildman–Crippen LogP) is 3.94. The highest BCUT2D eigenvalue weighted by molar-refractivity contribution is 5.74. The minimum Gasteiger partial charge on any atom is -0.479 e.